The molecule has 0 spiro atoms. The fraction of sp³-hybridized carbons (Fsp3) is 0.385. The molecule has 0 unspecified atom stereocenters. The predicted molar refractivity (Wildman–Crippen MR) is 122 cm³/mol. The van der Waals surface area contributed by atoms with E-state index in [1.165, 1.54) is 29.5 Å². The highest BCUT2D eigenvalue weighted by molar-refractivity contribution is 6.21. The van der Waals surface area contributed by atoms with Gasteiger partial charge >= 0.3 is 5.97 Å². The van der Waals surface area contributed by atoms with E-state index in [1.807, 2.05) is 37.3 Å². The van der Waals surface area contributed by atoms with Gasteiger partial charge in [-0.3, -0.25) is 19.3 Å². The Morgan fingerprint density at radius 3 is 2.36 bits per heavy atom. The number of nitrogens with zero attached hydrogens (tertiary/aromatic N) is 2. The number of carbonyl (C=O) groups excluding carboxylic acids is 4. The number of rotatable bonds is 7. The summed E-state index contributed by atoms with van der Waals surface area (Å²) in [6, 6.07) is 13.8. The Hall–Kier alpha value is -3.48. The van der Waals surface area contributed by atoms with Crippen LogP contribution in [0.15, 0.2) is 48.5 Å². The standard InChI is InChI=1S/C26H28N2O5/c1-2-27(20-11-7-4-8-12-20)23(29)17-33-26(32)19-13-14-21-22(15-19)25(31)28(24(21)30)16-18-9-5-3-6-10-18/h3,5-6,9-10,13-15,20H,2,4,7-8,11-12,16-17H2,1H3. The predicted octanol–water partition coefficient (Wildman–Crippen LogP) is 3.82. The Balaban J connectivity index is 1.41. The lowest BCUT2D eigenvalue weighted by atomic mass is 9.94. The zero-order valence-corrected chi connectivity index (χ0v) is 18.8. The van der Waals surface area contributed by atoms with Crippen molar-refractivity contribution >= 4 is 23.7 Å². The molecule has 0 N–H and O–H groups in total. The molecule has 1 fully saturated rings. The third kappa shape index (κ3) is 4.82. The second-order valence-electron chi connectivity index (χ2n) is 8.49. The highest BCUT2D eigenvalue weighted by Gasteiger charge is 2.36. The lowest BCUT2D eigenvalue weighted by Gasteiger charge is -2.33. The minimum Gasteiger partial charge on any atom is -0.452 e. The van der Waals surface area contributed by atoms with Gasteiger partial charge in [-0.25, -0.2) is 4.79 Å². The molecule has 4 rings (SSSR count). The first-order valence-corrected chi connectivity index (χ1v) is 11.5. The second kappa shape index (κ2) is 9.98. The van der Waals surface area contributed by atoms with E-state index in [2.05, 4.69) is 0 Å². The number of esters is 1. The molecule has 2 aromatic carbocycles. The number of benzene rings is 2. The summed E-state index contributed by atoms with van der Waals surface area (Å²) in [6.45, 7) is 2.33. The minimum atomic E-state index is -0.687. The van der Waals surface area contributed by atoms with Gasteiger partial charge in [0.1, 0.15) is 0 Å². The Kier molecular flexibility index (Phi) is 6.87. The van der Waals surface area contributed by atoms with Crippen molar-refractivity contribution in [3.05, 3.63) is 70.8 Å². The number of fused-ring (bicyclic) bond motifs is 1. The summed E-state index contributed by atoms with van der Waals surface area (Å²) < 4.78 is 5.27. The van der Waals surface area contributed by atoms with Gasteiger partial charge in [-0.05, 0) is 43.5 Å². The van der Waals surface area contributed by atoms with E-state index in [0.29, 0.717) is 6.54 Å². The highest BCUT2D eigenvalue weighted by Crippen LogP contribution is 2.26. The number of imide groups is 1. The summed E-state index contributed by atoms with van der Waals surface area (Å²) in [5.41, 5.74) is 1.42. The van der Waals surface area contributed by atoms with Crippen LogP contribution in [0, 0.1) is 0 Å². The Bertz CT molecular complexity index is 1060. The van der Waals surface area contributed by atoms with Crippen molar-refractivity contribution in [3.63, 3.8) is 0 Å². The van der Waals surface area contributed by atoms with Gasteiger partial charge in [0.05, 0.1) is 23.2 Å². The summed E-state index contributed by atoms with van der Waals surface area (Å²) in [6.07, 6.45) is 5.37. The van der Waals surface area contributed by atoms with Crippen LogP contribution in [-0.2, 0) is 16.1 Å². The quantitative estimate of drug-likeness (QED) is 0.475. The molecule has 1 saturated carbocycles. The van der Waals surface area contributed by atoms with Gasteiger partial charge in [-0.2, -0.15) is 0 Å². The molecule has 0 saturated heterocycles. The first kappa shape index (κ1) is 22.7. The van der Waals surface area contributed by atoms with Crippen molar-refractivity contribution in [1.82, 2.24) is 9.80 Å². The van der Waals surface area contributed by atoms with Crippen LogP contribution < -0.4 is 0 Å². The maximum Gasteiger partial charge on any atom is 0.338 e. The van der Waals surface area contributed by atoms with Crippen molar-refractivity contribution in [2.75, 3.05) is 13.2 Å². The van der Waals surface area contributed by atoms with Gasteiger partial charge in [0.25, 0.3) is 17.7 Å². The van der Waals surface area contributed by atoms with Gasteiger partial charge < -0.3 is 9.64 Å². The Labute approximate surface area is 193 Å². The molecule has 7 heteroatoms. The summed E-state index contributed by atoms with van der Waals surface area (Å²) in [7, 11) is 0. The van der Waals surface area contributed by atoms with Crippen molar-refractivity contribution < 1.29 is 23.9 Å². The largest absolute Gasteiger partial charge is 0.452 e. The van der Waals surface area contributed by atoms with Crippen LogP contribution in [-0.4, -0.2) is 52.7 Å². The van der Waals surface area contributed by atoms with Gasteiger partial charge in [-0.1, -0.05) is 49.6 Å². The lowest BCUT2D eigenvalue weighted by Crippen LogP contribution is -2.43. The average Bonchev–Trinajstić information content (AvgIpc) is 3.08. The molecule has 33 heavy (non-hydrogen) atoms. The van der Waals surface area contributed by atoms with Crippen LogP contribution in [0.5, 0.6) is 0 Å². The molecule has 2 aliphatic rings. The zero-order chi connectivity index (χ0) is 23.4. The van der Waals surface area contributed by atoms with Gasteiger partial charge in [0, 0.05) is 12.6 Å². The Morgan fingerprint density at radius 1 is 0.970 bits per heavy atom. The van der Waals surface area contributed by atoms with E-state index in [1.54, 1.807) is 4.90 Å². The van der Waals surface area contributed by atoms with Crippen LogP contribution in [0.25, 0.3) is 0 Å². The Morgan fingerprint density at radius 2 is 1.67 bits per heavy atom. The van der Waals surface area contributed by atoms with Gasteiger partial charge in [0.2, 0.25) is 0 Å². The summed E-state index contributed by atoms with van der Waals surface area (Å²) >= 11 is 0. The number of amides is 3. The highest BCUT2D eigenvalue weighted by atomic mass is 16.5. The molecule has 1 aliphatic carbocycles. The molecule has 0 atom stereocenters. The van der Waals surface area contributed by atoms with Crippen LogP contribution >= 0.6 is 0 Å². The zero-order valence-electron chi connectivity index (χ0n) is 18.8. The normalized spacial score (nSPS) is 16.0. The monoisotopic (exact) mass is 448 g/mol. The molecular formula is C26H28N2O5. The fourth-order valence-electron chi connectivity index (χ4n) is 4.65. The summed E-state index contributed by atoms with van der Waals surface area (Å²) in [5, 5.41) is 0. The van der Waals surface area contributed by atoms with E-state index in [9.17, 15) is 19.2 Å². The SMILES string of the molecule is CCN(C(=O)COC(=O)c1ccc2c(c1)C(=O)N(Cc1ccccc1)C2=O)C1CCCCC1. The number of hydrogen-bond acceptors (Lipinski definition) is 5. The molecule has 3 amide bonds. The van der Waals surface area contributed by atoms with Gasteiger partial charge in [0.15, 0.2) is 6.61 Å². The number of likely N-dealkylation sites (N-methyl/N-ethyl adjacent to an activating group) is 1. The first-order chi connectivity index (χ1) is 16.0. The van der Waals surface area contributed by atoms with Crippen molar-refractivity contribution in [1.29, 1.82) is 0 Å². The first-order valence-electron chi connectivity index (χ1n) is 11.5. The van der Waals surface area contributed by atoms with Crippen molar-refractivity contribution in [2.45, 2.75) is 51.6 Å². The van der Waals surface area contributed by atoms with E-state index in [-0.39, 0.29) is 47.7 Å². The molecule has 0 radical (unpaired) electrons. The molecule has 0 bridgehead atoms. The summed E-state index contributed by atoms with van der Waals surface area (Å²) in [4.78, 5) is 53.8. The maximum absolute atomic E-state index is 12.8. The van der Waals surface area contributed by atoms with E-state index < -0.39 is 11.9 Å². The fourth-order valence-corrected chi connectivity index (χ4v) is 4.65. The van der Waals surface area contributed by atoms with Crippen molar-refractivity contribution in [3.8, 4) is 0 Å². The molecular weight excluding hydrogens is 420 g/mol. The van der Waals surface area contributed by atoms with Gasteiger partial charge in [-0.15, -0.1) is 0 Å². The molecule has 0 aromatic heterocycles. The average molecular weight is 449 g/mol. The van der Waals surface area contributed by atoms with E-state index in [0.717, 1.165) is 31.2 Å². The maximum atomic E-state index is 12.8. The van der Waals surface area contributed by atoms with Crippen molar-refractivity contribution in [2.24, 2.45) is 0 Å². The second-order valence-corrected chi connectivity index (χ2v) is 8.49. The topological polar surface area (TPSA) is 84.0 Å². The molecule has 172 valence electrons. The molecule has 7 nitrogen and oxygen atoms in total. The molecule has 1 heterocycles. The smallest absolute Gasteiger partial charge is 0.338 e. The summed E-state index contributed by atoms with van der Waals surface area (Å²) in [5.74, 6) is -1.73. The molecule has 2 aromatic rings. The number of carbonyl (C=O) groups is 4. The van der Waals surface area contributed by atoms with Crippen LogP contribution in [0.2, 0.25) is 0 Å². The number of hydrogen-bond donors (Lipinski definition) is 0. The van der Waals surface area contributed by atoms with E-state index >= 15 is 0 Å². The van der Waals surface area contributed by atoms with Crippen LogP contribution in [0.4, 0.5) is 0 Å². The third-order valence-corrected chi connectivity index (χ3v) is 6.39. The molecule has 1 aliphatic heterocycles. The van der Waals surface area contributed by atoms with Crippen LogP contribution in [0.1, 0.15) is 75.7 Å². The lowest BCUT2D eigenvalue weighted by molar-refractivity contribution is -0.137. The third-order valence-electron chi connectivity index (χ3n) is 6.39. The number of ether oxygens (including phenoxy) is 1. The van der Waals surface area contributed by atoms with Crippen LogP contribution in [0.3, 0.4) is 0 Å². The van der Waals surface area contributed by atoms with E-state index in [4.69, 9.17) is 4.74 Å². The minimum absolute atomic E-state index is 0.143.